The minimum atomic E-state index is -8.94. The summed E-state index contributed by atoms with van der Waals surface area (Å²) in [6, 6.07) is 0. The lowest BCUT2D eigenvalue weighted by Gasteiger charge is -2.43. The molecule has 38 heavy (non-hydrogen) atoms. The van der Waals surface area contributed by atoms with Crippen LogP contribution in [-0.4, -0.2) is 96.3 Å². The van der Waals surface area contributed by atoms with Crippen molar-refractivity contribution in [1.82, 2.24) is 0 Å². The summed E-state index contributed by atoms with van der Waals surface area (Å²) in [5.41, 5.74) is 0. The van der Waals surface area contributed by atoms with Crippen molar-refractivity contribution in [1.29, 1.82) is 0 Å². The minimum Gasteiger partial charge on any atom is -0.477 e. The molecule has 3 nitrogen and oxygen atoms in total. The van der Waals surface area contributed by atoms with E-state index in [2.05, 4.69) is 0 Å². The van der Waals surface area contributed by atoms with Crippen LogP contribution in [0, 0.1) is 0 Å². The van der Waals surface area contributed by atoms with E-state index in [1.54, 1.807) is 0 Å². The standard InChI is InChI=1S/C16H14F19NO2/c1-36(2,6-7(37)38)5-3-4-8(17,18)9(19,20)10(21,22)11(23,24)12(25,26)13(27,28)14(29,30)15(31,32)16(33,34)35/h3-6H2,1-2H3/p+1. The zero-order chi connectivity index (χ0) is 31.4. The third-order valence-electron chi connectivity index (χ3n) is 5.00. The molecule has 0 aromatic heterocycles. The zero-order valence-electron chi connectivity index (χ0n) is 18.3. The van der Waals surface area contributed by atoms with Crippen LogP contribution < -0.4 is 0 Å². The number of likely N-dealkylation sites (N-methyl/N-ethyl adjacent to an activating group) is 1. The van der Waals surface area contributed by atoms with Crippen LogP contribution in [0.1, 0.15) is 12.8 Å². The second-order valence-electron chi connectivity index (χ2n) is 8.54. The van der Waals surface area contributed by atoms with Gasteiger partial charge in [0.05, 0.1) is 20.6 Å². The Hall–Kier alpha value is -1.90. The molecule has 1 N–H and O–H groups in total. The molecule has 0 rings (SSSR count). The lowest BCUT2D eigenvalue weighted by atomic mass is 9.86. The average molecular weight is 614 g/mol. The monoisotopic (exact) mass is 614 g/mol. The highest BCUT2D eigenvalue weighted by molar-refractivity contribution is 5.67. The van der Waals surface area contributed by atoms with E-state index >= 15 is 0 Å². The van der Waals surface area contributed by atoms with Crippen LogP contribution in [-0.2, 0) is 4.79 Å². The van der Waals surface area contributed by atoms with E-state index in [-0.39, 0.29) is 0 Å². The largest absolute Gasteiger partial charge is 0.477 e. The highest BCUT2D eigenvalue weighted by atomic mass is 19.4. The molecule has 0 bridgehead atoms. The molecule has 0 unspecified atom stereocenters. The average Bonchev–Trinajstić information content (AvgIpc) is 2.64. The number of aliphatic carboxylic acids is 1. The second kappa shape index (κ2) is 9.63. The van der Waals surface area contributed by atoms with Crippen molar-refractivity contribution in [3.8, 4) is 0 Å². The Labute approximate surface area is 198 Å². The van der Waals surface area contributed by atoms with Gasteiger partial charge in [-0.2, -0.15) is 83.4 Å². The smallest absolute Gasteiger partial charge is 0.460 e. The van der Waals surface area contributed by atoms with Crippen molar-refractivity contribution in [3.63, 3.8) is 0 Å². The summed E-state index contributed by atoms with van der Waals surface area (Å²) in [5, 5.41) is 8.57. The van der Waals surface area contributed by atoms with Crippen LogP contribution in [0.2, 0.25) is 0 Å². The molecule has 0 aliphatic carbocycles. The van der Waals surface area contributed by atoms with Gasteiger partial charge >= 0.3 is 59.5 Å². The van der Waals surface area contributed by atoms with Gasteiger partial charge in [-0.05, 0) is 0 Å². The van der Waals surface area contributed by atoms with Gasteiger partial charge in [0.2, 0.25) is 0 Å². The Bertz CT molecular complexity index is 861. The maximum Gasteiger partial charge on any atom is 0.460 e. The van der Waals surface area contributed by atoms with Crippen LogP contribution in [0.5, 0.6) is 0 Å². The molecule has 0 spiro atoms. The van der Waals surface area contributed by atoms with Gasteiger partial charge in [0.25, 0.3) is 0 Å². The fraction of sp³-hybridized carbons (Fsp3) is 0.938. The summed E-state index contributed by atoms with van der Waals surface area (Å²) in [7, 11) is 1.87. The van der Waals surface area contributed by atoms with E-state index in [1.807, 2.05) is 0 Å². The maximum absolute atomic E-state index is 13.8. The molecular weight excluding hydrogens is 599 g/mol. The number of rotatable bonds is 13. The predicted octanol–water partition coefficient (Wildman–Crippen LogP) is 6.57. The van der Waals surface area contributed by atoms with Crippen molar-refractivity contribution in [2.45, 2.75) is 66.4 Å². The van der Waals surface area contributed by atoms with Gasteiger partial charge in [-0.15, -0.1) is 0 Å². The third kappa shape index (κ3) is 5.41. The van der Waals surface area contributed by atoms with Crippen LogP contribution in [0.25, 0.3) is 0 Å². The van der Waals surface area contributed by atoms with Crippen molar-refractivity contribution in [2.24, 2.45) is 0 Å². The maximum atomic E-state index is 13.8. The van der Waals surface area contributed by atoms with E-state index < -0.39 is 89.9 Å². The van der Waals surface area contributed by atoms with E-state index in [0.717, 1.165) is 14.1 Å². The van der Waals surface area contributed by atoms with Crippen molar-refractivity contribution >= 4 is 5.97 Å². The van der Waals surface area contributed by atoms with Crippen LogP contribution in [0.4, 0.5) is 83.4 Å². The highest BCUT2D eigenvalue weighted by Gasteiger charge is 2.96. The number of nitrogens with zero attached hydrogens (tertiary/aromatic N) is 1. The first-order valence-corrected chi connectivity index (χ1v) is 9.25. The first-order valence-electron chi connectivity index (χ1n) is 9.25. The van der Waals surface area contributed by atoms with Gasteiger partial charge in [-0.1, -0.05) is 0 Å². The number of quaternary nitrogens is 1. The molecule has 0 amide bonds. The molecule has 0 aliphatic rings. The minimum absolute atomic E-state index is 0.851. The molecule has 0 atom stereocenters. The van der Waals surface area contributed by atoms with Crippen LogP contribution in [0.3, 0.4) is 0 Å². The Balaban J connectivity index is 6.51. The molecule has 0 aromatic rings. The summed E-state index contributed by atoms with van der Waals surface area (Å²) in [5.74, 6) is -68.3. The molecule has 0 radical (unpaired) electrons. The number of carboxylic acid groups (broad SMARTS) is 1. The van der Waals surface area contributed by atoms with Gasteiger partial charge in [0.15, 0.2) is 6.54 Å². The molecule has 0 saturated heterocycles. The second-order valence-corrected chi connectivity index (χ2v) is 8.54. The molecule has 0 saturated carbocycles. The fourth-order valence-electron chi connectivity index (χ4n) is 2.72. The normalized spacial score (nSPS) is 16.1. The number of halogens is 19. The number of carbonyl (C=O) groups is 1. The van der Waals surface area contributed by atoms with E-state index in [4.69, 9.17) is 5.11 Å². The third-order valence-corrected chi connectivity index (χ3v) is 5.00. The van der Waals surface area contributed by atoms with E-state index in [9.17, 15) is 88.2 Å². The topological polar surface area (TPSA) is 37.3 Å². The summed E-state index contributed by atoms with van der Waals surface area (Å²) in [6.45, 7) is -1.85. The number of carboxylic acids is 1. The number of hydrogen-bond acceptors (Lipinski definition) is 1. The summed E-state index contributed by atoms with van der Waals surface area (Å²) < 4.78 is 251. The van der Waals surface area contributed by atoms with Gasteiger partial charge in [-0.25, -0.2) is 4.79 Å². The first-order chi connectivity index (χ1) is 16.1. The van der Waals surface area contributed by atoms with Gasteiger partial charge < -0.3 is 9.59 Å². The van der Waals surface area contributed by atoms with Gasteiger partial charge in [-0.3, -0.25) is 0 Å². The molecule has 22 heteroatoms. The van der Waals surface area contributed by atoms with Gasteiger partial charge in [0, 0.05) is 12.8 Å². The van der Waals surface area contributed by atoms with Crippen molar-refractivity contribution < 1.29 is 97.8 Å². The molecular formula is C16H15F19NO2+. The lowest BCUT2D eigenvalue weighted by Crippen LogP contribution is -2.75. The Kier molecular flexibility index (Phi) is 9.15. The van der Waals surface area contributed by atoms with Crippen molar-refractivity contribution in [3.05, 3.63) is 0 Å². The lowest BCUT2D eigenvalue weighted by molar-refractivity contribution is -0.883. The number of hydrogen-bond donors (Lipinski definition) is 1. The molecule has 228 valence electrons. The SMILES string of the molecule is C[N+](C)(CCCC(F)(F)C(F)(F)C(F)(F)C(F)(F)C(F)(F)C(F)(F)C(F)(F)C(F)(F)C(F)(F)F)CC(=O)O. The Morgan fingerprint density at radius 1 is 0.553 bits per heavy atom. The molecule has 0 aromatic carbocycles. The quantitative estimate of drug-likeness (QED) is 0.188. The number of alkyl halides is 19. The van der Waals surface area contributed by atoms with E-state index in [1.165, 1.54) is 0 Å². The van der Waals surface area contributed by atoms with Crippen LogP contribution >= 0.6 is 0 Å². The summed E-state index contributed by atoms with van der Waals surface area (Å²) in [4.78, 5) is 10.6. The summed E-state index contributed by atoms with van der Waals surface area (Å²) in [6.07, 6.45) is -12.1. The Morgan fingerprint density at radius 2 is 0.842 bits per heavy atom. The molecule has 0 fully saturated rings. The summed E-state index contributed by atoms with van der Waals surface area (Å²) >= 11 is 0. The van der Waals surface area contributed by atoms with Crippen molar-refractivity contribution in [2.75, 3.05) is 27.2 Å². The van der Waals surface area contributed by atoms with Crippen LogP contribution in [0.15, 0.2) is 0 Å². The fourth-order valence-corrected chi connectivity index (χ4v) is 2.72. The Morgan fingerprint density at radius 3 is 1.13 bits per heavy atom. The van der Waals surface area contributed by atoms with E-state index in [0.29, 0.717) is 0 Å². The van der Waals surface area contributed by atoms with Gasteiger partial charge in [0.1, 0.15) is 0 Å². The zero-order valence-corrected chi connectivity index (χ0v) is 18.3. The molecule has 0 aliphatic heterocycles. The molecule has 0 heterocycles. The first kappa shape index (κ1) is 36.1. The predicted molar refractivity (Wildman–Crippen MR) is 84.3 cm³/mol. The highest BCUT2D eigenvalue weighted by Crippen LogP contribution is 2.65.